The molecule has 3 saturated heterocycles. The van der Waals surface area contributed by atoms with Crippen LogP contribution in [-0.4, -0.2) is 42.8 Å². The molecular formula is C19H26Cl2N2O. The topological polar surface area (TPSA) is 24.5 Å². The smallest absolute Gasteiger partial charge is 0.0594 e. The Morgan fingerprint density at radius 1 is 1.12 bits per heavy atom. The Balaban J connectivity index is 1.50. The average Bonchev–Trinajstić information content (AvgIpc) is 3.18. The van der Waals surface area contributed by atoms with Crippen molar-refractivity contribution in [2.24, 2.45) is 5.92 Å². The summed E-state index contributed by atoms with van der Waals surface area (Å²) in [5.74, 6) is 0.747. The lowest BCUT2D eigenvalue weighted by atomic mass is 9.98. The van der Waals surface area contributed by atoms with Gasteiger partial charge in [-0.15, -0.1) is 0 Å². The van der Waals surface area contributed by atoms with Crippen LogP contribution in [0.1, 0.15) is 37.7 Å². The number of rotatable bonds is 5. The highest BCUT2D eigenvalue weighted by molar-refractivity contribution is 6.35. The lowest BCUT2D eigenvalue weighted by Gasteiger charge is -2.38. The van der Waals surface area contributed by atoms with Crippen molar-refractivity contribution >= 4 is 23.2 Å². The van der Waals surface area contributed by atoms with Crippen LogP contribution in [0.3, 0.4) is 0 Å². The number of halogens is 2. The van der Waals surface area contributed by atoms with Crippen LogP contribution in [0.15, 0.2) is 18.2 Å². The second-order valence-corrected chi connectivity index (χ2v) is 8.45. The molecule has 1 aromatic rings. The molecule has 1 aromatic carbocycles. The third-order valence-electron chi connectivity index (χ3n) is 5.83. The fourth-order valence-electron chi connectivity index (χ4n) is 4.54. The van der Waals surface area contributed by atoms with Crippen LogP contribution >= 0.6 is 23.2 Å². The summed E-state index contributed by atoms with van der Waals surface area (Å²) in [7, 11) is 0. The molecule has 0 amide bonds. The average molecular weight is 369 g/mol. The van der Waals surface area contributed by atoms with E-state index < -0.39 is 0 Å². The van der Waals surface area contributed by atoms with Crippen molar-refractivity contribution in [3.05, 3.63) is 33.8 Å². The fourth-order valence-corrected chi connectivity index (χ4v) is 5.01. The number of benzene rings is 1. The minimum absolute atomic E-state index is 0.471. The van der Waals surface area contributed by atoms with E-state index in [-0.39, 0.29) is 0 Å². The van der Waals surface area contributed by atoms with Crippen LogP contribution < -0.4 is 5.32 Å². The zero-order valence-corrected chi connectivity index (χ0v) is 15.5. The van der Waals surface area contributed by atoms with Crippen molar-refractivity contribution in [3.63, 3.8) is 0 Å². The van der Waals surface area contributed by atoms with E-state index in [0.717, 1.165) is 37.1 Å². The summed E-state index contributed by atoms with van der Waals surface area (Å²) in [5.41, 5.74) is 1.19. The molecule has 3 aliphatic rings. The van der Waals surface area contributed by atoms with Gasteiger partial charge in [0, 0.05) is 29.2 Å². The molecule has 0 radical (unpaired) electrons. The number of hydrogen-bond donors (Lipinski definition) is 1. The number of ether oxygens (including phenoxy) is 1. The molecule has 3 fully saturated rings. The van der Waals surface area contributed by atoms with Gasteiger partial charge in [-0.2, -0.15) is 0 Å². The first-order valence-corrected chi connectivity index (χ1v) is 9.97. The zero-order valence-electron chi connectivity index (χ0n) is 14.0. The summed E-state index contributed by atoms with van der Waals surface area (Å²) in [6, 6.07) is 6.51. The molecule has 0 aromatic heterocycles. The van der Waals surface area contributed by atoms with Crippen molar-refractivity contribution in [2.45, 2.75) is 56.9 Å². The van der Waals surface area contributed by atoms with Crippen LogP contribution in [0.2, 0.25) is 10.0 Å². The van der Waals surface area contributed by atoms with Gasteiger partial charge in [-0.1, -0.05) is 29.3 Å². The van der Waals surface area contributed by atoms with Crippen LogP contribution in [0.25, 0.3) is 0 Å². The third-order valence-corrected chi connectivity index (χ3v) is 6.41. The Morgan fingerprint density at radius 3 is 2.58 bits per heavy atom. The van der Waals surface area contributed by atoms with Gasteiger partial charge >= 0.3 is 0 Å². The molecule has 3 heterocycles. The van der Waals surface area contributed by atoms with Crippen LogP contribution in [-0.2, 0) is 11.3 Å². The van der Waals surface area contributed by atoms with Crippen LogP contribution in [0.5, 0.6) is 0 Å². The number of hydrogen-bond acceptors (Lipinski definition) is 3. The fraction of sp³-hybridized carbons (Fsp3) is 0.684. The van der Waals surface area contributed by atoms with Crippen LogP contribution in [0, 0.1) is 5.92 Å². The molecule has 5 heteroatoms. The normalized spacial score (nSPS) is 32.6. The molecule has 1 N–H and O–H groups in total. The van der Waals surface area contributed by atoms with Gasteiger partial charge in [-0.25, -0.2) is 0 Å². The highest BCUT2D eigenvalue weighted by Crippen LogP contribution is 2.36. The summed E-state index contributed by atoms with van der Waals surface area (Å²) < 4.78 is 6.05. The van der Waals surface area contributed by atoms with Gasteiger partial charge in [0.2, 0.25) is 0 Å². The summed E-state index contributed by atoms with van der Waals surface area (Å²) in [6.45, 7) is 4.35. The molecule has 3 nitrogen and oxygen atoms in total. The van der Waals surface area contributed by atoms with Gasteiger partial charge in [0.05, 0.1) is 12.2 Å². The van der Waals surface area contributed by atoms with Gasteiger partial charge in [-0.3, -0.25) is 4.90 Å². The third kappa shape index (κ3) is 3.91. The molecule has 4 rings (SSSR count). The van der Waals surface area contributed by atoms with Crippen molar-refractivity contribution in [1.82, 2.24) is 10.2 Å². The maximum absolute atomic E-state index is 6.45. The van der Waals surface area contributed by atoms with E-state index in [0.29, 0.717) is 23.3 Å². The summed E-state index contributed by atoms with van der Waals surface area (Å²) in [6.07, 6.45) is 7.03. The van der Waals surface area contributed by atoms with E-state index in [4.69, 9.17) is 27.9 Å². The predicted molar refractivity (Wildman–Crippen MR) is 98.8 cm³/mol. The first kappa shape index (κ1) is 17.1. The molecule has 24 heavy (non-hydrogen) atoms. The second kappa shape index (κ2) is 7.51. The van der Waals surface area contributed by atoms with E-state index >= 15 is 0 Å². The van der Waals surface area contributed by atoms with Crippen molar-refractivity contribution < 1.29 is 4.74 Å². The number of fused-ring (bicyclic) bond motifs is 2. The van der Waals surface area contributed by atoms with E-state index in [2.05, 4.69) is 16.3 Å². The van der Waals surface area contributed by atoms with Crippen molar-refractivity contribution in [2.75, 3.05) is 19.6 Å². The Labute approximate surface area is 154 Å². The molecular weight excluding hydrogens is 343 g/mol. The summed E-state index contributed by atoms with van der Waals surface area (Å²) in [4.78, 5) is 2.67. The molecule has 0 aliphatic carbocycles. The second-order valence-electron chi connectivity index (χ2n) is 7.61. The molecule has 0 spiro atoms. The largest absolute Gasteiger partial charge is 0.375 e. The number of nitrogens with one attached hydrogen (secondary N) is 1. The minimum Gasteiger partial charge on any atom is -0.375 e. The van der Waals surface area contributed by atoms with E-state index in [1.807, 2.05) is 12.1 Å². The SMILES string of the molecule is Clc1ccc(CN(C[C@H]2CCNC2)C2CC3CCC(C2)O3)c(Cl)c1. The molecule has 3 atom stereocenters. The first-order valence-electron chi connectivity index (χ1n) is 9.21. The maximum Gasteiger partial charge on any atom is 0.0594 e. The number of nitrogens with zero attached hydrogens (tertiary/aromatic N) is 1. The Hall–Kier alpha value is -0.320. The van der Waals surface area contributed by atoms with Gasteiger partial charge in [0.15, 0.2) is 0 Å². The Bertz CT molecular complexity index is 564. The highest BCUT2D eigenvalue weighted by atomic mass is 35.5. The van der Waals surface area contributed by atoms with Gasteiger partial charge < -0.3 is 10.1 Å². The van der Waals surface area contributed by atoms with Crippen molar-refractivity contribution in [1.29, 1.82) is 0 Å². The molecule has 2 bridgehead atoms. The van der Waals surface area contributed by atoms with E-state index in [9.17, 15) is 0 Å². The van der Waals surface area contributed by atoms with Gasteiger partial charge in [0.25, 0.3) is 0 Å². The monoisotopic (exact) mass is 368 g/mol. The van der Waals surface area contributed by atoms with Crippen LogP contribution in [0.4, 0.5) is 0 Å². The first-order chi connectivity index (χ1) is 11.7. The zero-order chi connectivity index (χ0) is 16.5. The lowest BCUT2D eigenvalue weighted by molar-refractivity contribution is -0.0406. The van der Waals surface area contributed by atoms with E-state index in [1.165, 1.54) is 37.7 Å². The predicted octanol–water partition coefficient (Wildman–Crippen LogP) is 4.11. The molecule has 0 saturated carbocycles. The van der Waals surface area contributed by atoms with Crippen molar-refractivity contribution in [3.8, 4) is 0 Å². The standard InChI is InChI=1S/C19H26Cl2N2O/c20-15-2-1-14(19(21)7-15)12-23(11-13-5-6-22-10-13)16-8-17-3-4-18(9-16)24-17/h1-2,7,13,16-18,22H,3-6,8-12H2/t13-,16?,17?,18?/m0/s1. The molecule has 2 unspecified atom stereocenters. The van der Waals surface area contributed by atoms with E-state index in [1.54, 1.807) is 0 Å². The lowest BCUT2D eigenvalue weighted by Crippen LogP contribution is -2.44. The highest BCUT2D eigenvalue weighted by Gasteiger charge is 2.38. The Kier molecular flexibility index (Phi) is 5.35. The maximum atomic E-state index is 6.45. The quantitative estimate of drug-likeness (QED) is 0.845. The van der Waals surface area contributed by atoms with Gasteiger partial charge in [-0.05, 0) is 68.8 Å². The summed E-state index contributed by atoms with van der Waals surface area (Å²) >= 11 is 12.5. The summed E-state index contributed by atoms with van der Waals surface area (Å²) in [5, 5.41) is 4.99. The Morgan fingerprint density at radius 2 is 1.92 bits per heavy atom. The molecule has 132 valence electrons. The molecule has 3 aliphatic heterocycles. The van der Waals surface area contributed by atoms with Gasteiger partial charge in [0.1, 0.15) is 0 Å². The minimum atomic E-state index is 0.471.